The van der Waals surface area contributed by atoms with Crippen LogP contribution in [-0.2, 0) is 33.9 Å². The van der Waals surface area contributed by atoms with Crippen LogP contribution in [0.4, 0.5) is 0 Å². The van der Waals surface area contributed by atoms with Crippen LogP contribution in [0.15, 0.2) is 49.2 Å². The molecule has 1 aromatic carbocycles. The third kappa shape index (κ3) is 7.83. The fourth-order valence-corrected chi connectivity index (χ4v) is 8.31. The molecule has 12 nitrogen and oxygen atoms in total. The highest BCUT2D eigenvalue weighted by atomic mass is 32.2. The van der Waals surface area contributed by atoms with Crippen molar-refractivity contribution >= 4 is 50.6 Å². The van der Waals surface area contributed by atoms with Crippen molar-refractivity contribution in [2.45, 2.75) is 96.1 Å². The maximum atomic E-state index is 14.6. The van der Waals surface area contributed by atoms with Crippen molar-refractivity contribution in [1.29, 1.82) is 0 Å². The van der Waals surface area contributed by atoms with Crippen molar-refractivity contribution in [3.05, 3.63) is 54.8 Å². The van der Waals surface area contributed by atoms with Gasteiger partial charge in [-0.15, -0.1) is 6.58 Å². The summed E-state index contributed by atoms with van der Waals surface area (Å²) in [5, 5.41) is 3.87. The van der Waals surface area contributed by atoms with Crippen LogP contribution in [0.5, 0.6) is 5.88 Å². The largest absolute Gasteiger partial charge is 0.472 e. The summed E-state index contributed by atoms with van der Waals surface area (Å²) in [7, 11) is -3.88. The molecule has 0 radical (unpaired) electrons. The summed E-state index contributed by atoms with van der Waals surface area (Å²) in [6, 6.07) is 6.74. The van der Waals surface area contributed by atoms with Crippen LogP contribution >= 0.6 is 0 Å². The number of benzene rings is 1. The molecular weight excluding hydrogens is 673 g/mol. The number of aromatic nitrogens is 1. The van der Waals surface area contributed by atoms with E-state index in [-0.39, 0.29) is 37.8 Å². The molecule has 274 valence electrons. The predicted molar refractivity (Wildman–Crippen MR) is 191 cm³/mol. The zero-order valence-electron chi connectivity index (χ0n) is 29.9. The monoisotopic (exact) mass is 720 g/mol. The Morgan fingerprint density at radius 1 is 1.14 bits per heavy atom. The maximum absolute atomic E-state index is 14.6. The fourth-order valence-electron chi connectivity index (χ4n) is 6.95. The number of hydrogen-bond donors (Lipinski definition) is 2. The van der Waals surface area contributed by atoms with E-state index in [2.05, 4.69) is 21.6 Å². The summed E-state index contributed by atoms with van der Waals surface area (Å²) in [4.78, 5) is 61.5. The van der Waals surface area contributed by atoms with E-state index in [0.29, 0.717) is 25.1 Å². The first-order valence-electron chi connectivity index (χ1n) is 17.6. The highest BCUT2D eigenvalue weighted by Gasteiger charge is 2.62. The zero-order chi connectivity index (χ0) is 36.9. The van der Waals surface area contributed by atoms with Gasteiger partial charge in [-0.1, -0.05) is 65.0 Å². The van der Waals surface area contributed by atoms with E-state index in [1.54, 1.807) is 6.20 Å². The predicted octanol–water partition coefficient (Wildman–Crippen LogP) is 4.29. The molecule has 2 aromatic rings. The van der Waals surface area contributed by atoms with Gasteiger partial charge in [0.25, 0.3) is 5.91 Å². The molecule has 1 aromatic heterocycles. The summed E-state index contributed by atoms with van der Waals surface area (Å²) >= 11 is 0. The lowest BCUT2D eigenvalue weighted by Crippen LogP contribution is -2.57. The van der Waals surface area contributed by atoms with Crippen LogP contribution in [0.3, 0.4) is 0 Å². The lowest BCUT2D eigenvalue weighted by Gasteiger charge is -2.35. The summed E-state index contributed by atoms with van der Waals surface area (Å²) in [5.74, 6) is -3.38. The van der Waals surface area contributed by atoms with Gasteiger partial charge in [-0.3, -0.25) is 23.9 Å². The maximum Gasteiger partial charge on any atom is 0.306 e. The SMILES string of the molecule is C=C[C@H]1C[C@]1(NC(=O)C1C[C@@H]2CN1C(=O)[C@H](C(C)(C)C)CC(=O)OCC(C)(C)C/C=C/c1ccc3ccnc(c3c1)O2)C(=O)NS(=O)(=O)C1CC1. The van der Waals surface area contributed by atoms with Crippen molar-refractivity contribution in [2.75, 3.05) is 13.2 Å². The number of nitrogens with one attached hydrogen (secondary N) is 2. The van der Waals surface area contributed by atoms with Gasteiger partial charge >= 0.3 is 5.97 Å². The number of amides is 3. The Balaban J connectivity index is 1.35. The third-order valence-corrected chi connectivity index (χ3v) is 12.3. The standard InChI is InChI=1S/C38H48N4O8S/c1-7-25-20-38(25,35(46)41-51(47,48)27-12-13-27)40-32(44)30-18-26-21-42(30)34(45)29(36(2,3)4)19-31(43)49-22-37(5,6)15-8-9-23-10-11-24-14-16-39-33(50-26)28(24)17-23/h7-11,14,16-17,25-27,29-30H,1,12-13,15,18-22H2,2-6H3,(H,40,44)(H,41,46)/b9-8+/t25-,26+,29+,30?,38+/m0/s1. The van der Waals surface area contributed by atoms with Crippen molar-refractivity contribution in [1.82, 2.24) is 19.9 Å². The van der Waals surface area contributed by atoms with Gasteiger partial charge < -0.3 is 19.7 Å². The van der Waals surface area contributed by atoms with Crippen LogP contribution in [0.2, 0.25) is 0 Å². The van der Waals surface area contributed by atoms with Gasteiger partial charge in [0.15, 0.2) is 0 Å². The van der Waals surface area contributed by atoms with Crippen LogP contribution in [0.25, 0.3) is 16.8 Å². The highest BCUT2D eigenvalue weighted by molar-refractivity contribution is 7.91. The molecule has 2 aliphatic carbocycles. The van der Waals surface area contributed by atoms with Gasteiger partial charge in [-0.2, -0.15) is 0 Å². The molecule has 4 aliphatic rings. The number of hydrogen-bond acceptors (Lipinski definition) is 9. The van der Waals surface area contributed by atoms with Gasteiger partial charge in [0.2, 0.25) is 27.7 Å². The van der Waals surface area contributed by atoms with Crippen LogP contribution in [-0.4, -0.2) is 78.1 Å². The van der Waals surface area contributed by atoms with Gasteiger partial charge in [-0.05, 0) is 54.2 Å². The molecule has 6 rings (SSSR count). The van der Waals surface area contributed by atoms with Gasteiger partial charge in [0.1, 0.15) is 17.7 Å². The Morgan fingerprint density at radius 2 is 1.88 bits per heavy atom. The molecule has 2 N–H and O–H groups in total. The Labute approximate surface area is 299 Å². The Hall–Kier alpha value is -4.26. The summed E-state index contributed by atoms with van der Waals surface area (Å²) in [5.41, 5.74) is -1.66. The number of carbonyl (C=O) groups excluding carboxylic acids is 4. The molecule has 3 fully saturated rings. The molecule has 3 amide bonds. The van der Waals surface area contributed by atoms with E-state index < -0.39 is 73.9 Å². The zero-order valence-corrected chi connectivity index (χ0v) is 30.8. The van der Waals surface area contributed by atoms with E-state index in [0.717, 1.165) is 16.3 Å². The van der Waals surface area contributed by atoms with Crippen molar-refractivity contribution in [2.24, 2.45) is 22.7 Å². The van der Waals surface area contributed by atoms with Gasteiger partial charge in [0, 0.05) is 29.3 Å². The minimum Gasteiger partial charge on any atom is -0.472 e. The number of ether oxygens (including phenoxy) is 2. The number of sulfonamides is 1. The highest BCUT2D eigenvalue weighted by Crippen LogP contribution is 2.46. The smallest absolute Gasteiger partial charge is 0.306 e. The van der Waals surface area contributed by atoms with E-state index in [9.17, 15) is 27.6 Å². The van der Waals surface area contributed by atoms with Crippen molar-refractivity contribution < 1.29 is 37.1 Å². The summed E-state index contributed by atoms with van der Waals surface area (Å²) < 4.78 is 39.7. The number of carbonyl (C=O) groups is 4. The number of allylic oxidation sites excluding steroid dienone is 1. The molecule has 5 atom stereocenters. The number of esters is 1. The molecule has 3 heterocycles. The van der Waals surface area contributed by atoms with E-state index >= 15 is 0 Å². The average Bonchev–Trinajstić information content (AvgIpc) is 3.98. The quantitative estimate of drug-likeness (QED) is 0.328. The van der Waals surface area contributed by atoms with Gasteiger partial charge in [0.05, 0.1) is 30.7 Å². The van der Waals surface area contributed by atoms with Crippen LogP contribution < -0.4 is 14.8 Å². The summed E-state index contributed by atoms with van der Waals surface area (Å²) in [6.07, 6.45) is 8.16. The summed E-state index contributed by atoms with van der Waals surface area (Å²) in [6.45, 7) is 13.5. The minimum atomic E-state index is -3.88. The topological polar surface area (TPSA) is 161 Å². The average molecular weight is 721 g/mol. The molecule has 2 aliphatic heterocycles. The second-order valence-electron chi connectivity index (χ2n) is 16.3. The van der Waals surface area contributed by atoms with Crippen LogP contribution in [0, 0.1) is 22.7 Å². The van der Waals surface area contributed by atoms with Crippen molar-refractivity contribution in [3.63, 3.8) is 0 Å². The number of pyridine rings is 1. The van der Waals surface area contributed by atoms with E-state index in [4.69, 9.17) is 9.47 Å². The molecule has 4 bridgehead atoms. The number of rotatable bonds is 6. The first-order valence-corrected chi connectivity index (χ1v) is 19.2. The first kappa shape index (κ1) is 36.5. The number of cyclic esters (lactones) is 1. The van der Waals surface area contributed by atoms with Gasteiger partial charge in [-0.25, -0.2) is 13.4 Å². The molecule has 1 unspecified atom stereocenters. The normalized spacial score (nSPS) is 28.9. The lowest BCUT2D eigenvalue weighted by atomic mass is 9.77. The second-order valence-corrected chi connectivity index (χ2v) is 18.3. The van der Waals surface area contributed by atoms with E-state index in [1.807, 2.05) is 71.0 Å². The Morgan fingerprint density at radius 3 is 2.55 bits per heavy atom. The lowest BCUT2D eigenvalue weighted by molar-refractivity contribution is -0.155. The number of fused-ring (bicyclic) bond motifs is 3. The van der Waals surface area contributed by atoms with Crippen molar-refractivity contribution in [3.8, 4) is 5.88 Å². The van der Waals surface area contributed by atoms with Crippen LogP contribution in [0.1, 0.15) is 78.7 Å². The Bertz CT molecular complexity index is 1900. The molecule has 1 saturated heterocycles. The fraction of sp³-hybridized carbons (Fsp3) is 0.553. The molecule has 2 saturated carbocycles. The second kappa shape index (κ2) is 13.4. The molecule has 51 heavy (non-hydrogen) atoms. The number of nitrogens with zero attached hydrogens (tertiary/aromatic N) is 2. The van der Waals surface area contributed by atoms with E-state index in [1.165, 1.54) is 11.0 Å². The molecule has 0 spiro atoms. The first-order chi connectivity index (χ1) is 23.9. The molecular formula is C38H48N4O8S. The third-order valence-electron chi connectivity index (χ3n) is 10.4. The molecule has 13 heteroatoms. The minimum absolute atomic E-state index is 0.0172. The Kier molecular flexibility index (Phi) is 9.58.